The number of sulfone groups is 1. The standard InChI is InChI=1S/C12H17NO4S/c1-12(2,18(3,16)17)8-13-11(15)9-5-4-6-10(14)7-9/h4-7,14H,8H2,1-3H3,(H,13,15). The van der Waals surface area contributed by atoms with Crippen LogP contribution < -0.4 is 5.32 Å². The first-order valence-electron chi connectivity index (χ1n) is 5.40. The molecule has 0 aliphatic rings. The monoisotopic (exact) mass is 271 g/mol. The van der Waals surface area contributed by atoms with Crippen LogP contribution in [-0.2, 0) is 9.84 Å². The maximum absolute atomic E-state index is 11.8. The molecule has 0 bridgehead atoms. The Morgan fingerprint density at radius 2 is 2.00 bits per heavy atom. The largest absolute Gasteiger partial charge is 0.508 e. The molecule has 2 N–H and O–H groups in total. The Morgan fingerprint density at radius 3 is 2.50 bits per heavy atom. The van der Waals surface area contributed by atoms with Crippen LogP contribution in [0.3, 0.4) is 0 Å². The lowest BCUT2D eigenvalue weighted by Gasteiger charge is -2.22. The molecular weight excluding hydrogens is 254 g/mol. The molecule has 18 heavy (non-hydrogen) atoms. The van der Waals surface area contributed by atoms with Crippen LogP contribution in [0.5, 0.6) is 5.75 Å². The van der Waals surface area contributed by atoms with Crippen molar-refractivity contribution in [3.05, 3.63) is 29.8 Å². The van der Waals surface area contributed by atoms with Crippen molar-refractivity contribution in [1.82, 2.24) is 5.32 Å². The van der Waals surface area contributed by atoms with Gasteiger partial charge in [-0.2, -0.15) is 0 Å². The Morgan fingerprint density at radius 1 is 1.39 bits per heavy atom. The Hall–Kier alpha value is -1.56. The van der Waals surface area contributed by atoms with Crippen LogP contribution in [0.2, 0.25) is 0 Å². The summed E-state index contributed by atoms with van der Waals surface area (Å²) in [5, 5.41) is 11.8. The van der Waals surface area contributed by atoms with E-state index in [2.05, 4.69) is 5.32 Å². The lowest BCUT2D eigenvalue weighted by atomic mass is 10.1. The van der Waals surface area contributed by atoms with E-state index in [1.807, 2.05) is 0 Å². The molecule has 0 saturated carbocycles. The van der Waals surface area contributed by atoms with Gasteiger partial charge in [0.2, 0.25) is 0 Å². The van der Waals surface area contributed by atoms with E-state index < -0.39 is 20.5 Å². The highest BCUT2D eigenvalue weighted by Crippen LogP contribution is 2.14. The zero-order valence-electron chi connectivity index (χ0n) is 10.6. The number of rotatable bonds is 4. The lowest BCUT2D eigenvalue weighted by Crippen LogP contribution is -2.43. The molecule has 0 aliphatic carbocycles. The van der Waals surface area contributed by atoms with Crippen LogP contribution in [0.25, 0.3) is 0 Å². The highest BCUT2D eigenvalue weighted by molar-refractivity contribution is 7.92. The van der Waals surface area contributed by atoms with Gasteiger partial charge in [0.05, 0.1) is 4.75 Å². The Bertz CT molecular complexity index is 549. The summed E-state index contributed by atoms with van der Waals surface area (Å²) in [6.45, 7) is 3.11. The van der Waals surface area contributed by atoms with E-state index in [1.54, 1.807) is 26.0 Å². The van der Waals surface area contributed by atoms with E-state index in [0.717, 1.165) is 6.26 Å². The first-order valence-corrected chi connectivity index (χ1v) is 7.29. The number of carbonyl (C=O) groups is 1. The van der Waals surface area contributed by atoms with Crippen LogP contribution in [0, 0.1) is 0 Å². The van der Waals surface area contributed by atoms with Gasteiger partial charge in [-0.15, -0.1) is 0 Å². The average Bonchev–Trinajstić information content (AvgIpc) is 2.24. The van der Waals surface area contributed by atoms with Crippen LogP contribution in [0.4, 0.5) is 0 Å². The molecule has 100 valence electrons. The molecule has 0 fully saturated rings. The third kappa shape index (κ3) is 3.46. The van der Waals surface area contributed by atoms with Crippen molar-refractivity contribution < 1.29 is 18.3 Å². The van der Waals surface area contributed by atoms with E-state index in [4.69, 9.17) is 0 Å². The Kier molecular flexibility index (Phi) is 4.01. The summed E-state index contributed by atoms with van der Waals surface area (Å²) in [6, 6.07) is 5.87. The number of hydrogen-bond acceptors (Lipinski definition) is 4. The van der Waals surface area contributed by atoms with Gasteiger partial charge in [0.25, 0.3) is 5.91 Å². The predicted octanol–water partition coefficient (Wildman–Crippen LogP) is 0.945. The van der Waals surface area contributed by atoms with Crippen molar-refractivity contribution >= 4 is 15.7 Å². The highest BCUT2D eigenvalue weighted by atomic mass is 32.2. The molecular formula is C12H17NO4S. The van der Waals surface area contributed by atoms with Gasteiger partial charge >= 0.3 is 0 Å². The first kappa shape index (κ1) is 14.5. The summed E-state index contributed by atoms with van der Waals surface area (Å²) in [7, 11) is -3.25. The van der Waals surface area contributed by atoms with Gasteiger partial charge in [-0.05, 0) is 32.0 Å². The van der Waals surface area contributed by atoms with Gasteiger partial charge in [-0.1, -0.05) is 6.07 Å². The summed E-state index contributed by atoms with van der Waals surface area (Å²) < 4.78 is 21.9. The van der Waals surface area contributed by atoms with Crippen molar-refractivity contribution in [3.63, 3.8) is 0 Å². The van der Waals surface area contributed by atoms with Crippen molar-refractivity contribution in [2.75, 3.05) is 12.8 Å². The second-order valence-corrected chi connectivity index (χ2v) is 7.41. The first-order chi connectivity index (χ1) is 8.13. The number of phenols is 1. The number of amides is 1. The van der Waals surface area contributed by atoms with Crippen molar-refractivity contribution in [2.45, 2.75) is 18.6 Å². The quantitative estimate of drug-likeness (QED) is 0.854. The number of phenolic OH excluding ortho intramolecular Hbond substituents is 1. The minimum atomic E-state index is -3.25. The second-order valence-electron chi connectivity index (χ2n) is 4.76. The SMILES string of the molecule is CC(C)(CNC(=O)c1cccc(O)c1)S(C)(=O)=O. The second kappa shape index (κ2) is 4.97. The van der Waals surface area contributed by atoms with Crippen LogP contribution in [0.15, 0.2) is 24.3 Å². The van der Waals surface area contributed by atoms with Gasteiger partial charge in [0, 0.05) is 18.4 Å². The Balaban J connectivity index is 2.74. The number of carbonyl (C=O) groups excluding carboxylic acids is 1. The molecule has 1 aromatic carbocycles. The summed E-state index contributed by atoms with van der Waals surface area (Å²) in [4.78, 5) is 11.8. The van der Waals surface area contributed by atoms with E-state index >= 15 is 0 Å². The van der Waals surface area contributed by atoms with E-state index in [-0.39, 0.29) is 12.3 Å². The topological polar surface area (TPSA) is 83.5 Å². The molecule has 1 aromatic rings. The van der Waals surface area contributed by atoms with Gasteiger partial charge in [-0.3, -0.25) is 4.79 Å². The molecule has 0 spiro atoms. The Labute approximate surface area is 107 Å². The lowest BCUT2D eigenvalue weighted by molar-refractivity contribution is 0.0950. The minimum Gasteiger partial charge on any atom is -0.508 e. The van der Waals surface area contributed by atoms with Crippen LogP contribution >= 0.6 is 0 Å². The maximum atomic E-state index is 11.8. The molecule has 1 rings (SSSR count). The van der Waals surface area contributed by atoms with E-state index in [0.29, 0.717) is 5.56 Å². The van der Waals surface area contributed by atoms with Crippen molar-refractivity contribution in [3.8, 4) is 5.75 Å². The maximum Gasteiger partial charge on any atom is 0.251 e. The summed E-state index contributed by atoms with van der Waals surface area (Å²) in [6.07, 6.45) is 1.13. The molecule has 0 aromatic heterocycles. The number of benzene rings is 1. The van der Waals surface area contributed by atoms with Crippen molar-refractivity contribution in [2.24, 2.45) is 0 Å². The van der Waals surface area contributed by atoms with Crippen LogP contribution in [-0.4, -0.2) is 37.0 Å². The van der Waals surface area contributed by atoms with Gasteiger partial charge in [0.1, 0.15) is 5.75 Å². The van der Waals surface area contributed by atoms with Crippen molar-refractivity contribution in [1.29, 1.82) is 0 Å². The third-order valence-corrected chi connectivity index (χ3v) is 4.94. The molecule has 0 radical (unpaired) electrons. The minimum absolute atomic E-state index is 0.00924. The molecule has 0 saturated heterocycles. The normalized spacial score (nSPS) is 12.2. The third-order valence-electron chi connectivity index (χ3n) is 2.79. The fraction of sp³-hybridized carbons (Fsp3) is 0.417. The molecule has 0 unspecified atom stereocenters. The fourth-order valence-corrected chi connectivity index (χ4v) is 1.51. The molecule has 6 heteroatoms. The molecule has 0 aliphatic heterocycles. The predicted molar refractivity (Wildman–Crippen MR) is 69.4 cm³/mol. The van der Waals surface area contributed by atoms with E-state index in [9.17, 15) is 18.3 Å². The summed E-state index contributed by atoms with van der Waals surface area (Å²) >= 11 is 0. The average molecular weight is 271 g/mol. The number of nitrogens with one attached hydrogen (secondary N) is 1. The van der Waals surface area contributed by atoms with Gasteiger partial charge in [-0.25, -0.2) is 8.42 Å². The summed E-state index contributed by atoms with van der Waals surface area (Å²) in [5.41, 5.74) is 0.291. The molecule has 0 atom stereocenters. The number of aromatic hydroxyl groups is 1. The molecule has 0 heterocycles. The van der Waals surface area contributed by atoms with E-state index in [1.165, 1.54) is 12.1 Å². The highest BCUT2D eigenvalue weighted by Gasteiger charge is 2.30. The molecule has 5 nitrogen and oxygen atoms in total. The smallest absolute Gasteiger partial charge is 0.251 e. The van der Waals surface area contributed by atoms with Gasteiger partial charge in [0.15, 0.2) is 9.84 Å². The summed E-state index contributed by atoms with van der Waals surface area (Å²) in [5.74, 6) is -0.423. The number of hydrogen-bond donors (Lipinski definition) is 2. The zero-order valence-corrected chi connectivity index (χ0v) is 11.4. The zero-order chi connectivity index (χ0) is 14.0. The molecule has 1 amide bonds. The van der Waals surface area contributed by atoms with Crippen LogP contribution in [0.1, 0.15) is 24.2 Å². The van der Waals surface area contributed by atoms with Gasteiger partial charge < -0.3 is 10.4 Å². The fourth-order valence-electron chi connectivity index (χ4n) is 1.17.